The molecule has 2 heterocycles. The highest BCUT2D eigenvalue weighted by atomic mass is 32.2. The molecule has 1 aliphatic heterocycles. The Kier molecular flexibility index (Phi) is 8.05. The van der Waals surface area contributed by atoms with Gasteiger partial charge >= 0.3 is 0 Å². The molecule has 0 saturated carbocycles. The van der Waals surface area contributed by atoms with E-state index >= 15 is 0 Å². The number of likely N-dealkylation sites (tertiary alicyclic amines) is 1. The lowest BCUT2D eigenvalue weighted by molar-refractivity contribution is -0.384. The van der Waals surface area contributed by atoms with E-state index in [1.165, 1.54) is 24.3 Å². The van der Waals surface area contributed by atoms with Gasteiger partial charge in [-0.1, -0.05) is 30.3 Å². The van der Waals surface area contributed by atoms with E-state index in [0.29, 0.717) is 25.2 Å². The van der Waals surface area contributed by atoms with Gasteiger partial charge in [0.1, 0.15) is 10.3 Å². The van der Waals surface area contributed by atoms with Crippen molar-refractivity contribution < 1.29 is 18.1 Å². The van der Waals surface area contributed by atoms with Crippen molar-refractivity contribution in [2.45, 2.75) is 29.5 Å². The average Bonchev–Trinajstić information content (AvgIpc) is 3.33. The molecule has 2 atom stereocenters. The van der Waals surface area contributed by atoms with Crippen molar-refractivity contribution in [1.29, 1.82) is 5.41 Å². The zero-order valence-corrected chi connectivity index (χ0v) is 21.6. The van der Waals surface area contributed by atoms with E-state index in [4.69, 9.17) is 11.1 Å². The number of thiophene rings is 1. The Morgan fingerprint density at radius 2 is 1.97 bits per heavy atom. The lowest BCUT2D eigenvalue weighted by Gasteiger charge is -2.33. The molecule has 196 valence electrons. The second-order valence-corrected chi connectivity index (χ2v) is 12.0. The van der Waals surface area contributed by atoms with Crippen molar-refractivity contribution in [3.63, 3.8) is 0 Å². The van der Waals surface area contributed by atoms with Crippen LogP contribution in [0.3, 0.4) is 0 Å². The van der Waals surface area contributed by atoms with Gasteiger partial charge in [0.05, 0.1) is 4.92 Å². The number of nitrogens with two attached hydrogens (primary N) is 1. The number of nitrogens with zero attached hydrogens (tertiary/aromatic N) is 2. The number of non-ortho nitro benzene ring substituents is 1. The van der Waals surface area contributed by atoms with Crippen LogP contribution in [0.4, 0.5) is 5.69 Å². The van der Waals surface area contributed by atoms with Crippen molar-refractivity contribution in [3.05, 3.63) is 70.3 Å². The fraction of sp³-hybridized carbons (Fsp3) is 0.333. The minimum absolute atomic E-state index is 0.0110. The molecule has 0 spiro atoms. The quantitative estimate of drug-likeness (QED) is 0.139. The number of rotatable bonds is 9. The number of nitrogens with one attached hydrogen (secondary N) is 3. The van der Waals surface area contributed by atoms with E-state index in [9.17, 15) is 23.3 Å². The topological polar surface area (TPSA) is 172 Å². The molecule has 0 bridgehead atoms. The van der Waals surface area contributed by atoms with Crippen LogP contribution in [-0.2, 0) is 21.2 Å². The molecule has 1 saturated heterocycles. The lowest BCUT2D eigenvalue weighted by atomic mass is 9.98. The number of nitro groups is 1. The van der Waals surface area contributed by atoms with Crippen LogP contribution in [0.2, 0.25) is 0 Å². The van der Waals surface area contributed by atoms with Gasteiger partial charge in [0.25, 0.3) is 15.7 Å². The van der Waals surface area contributed by atoms with E-state index in [1.807, 2.05) is 24.3 Å². The van der Waals surface area contributed by atoms with Gasteiger partial charge in [-0.05, 0) is 48.3 Å². The van der Waals surface area contributed by atoms with Gasteiger partial charge in [-0.2, -0.15) is 4.72 Å². The van der Waals surface area contributed by atoms with Gasteiger partial charge in [0.2, 0.25) is 5.91 Å². The van der Waals surface area contributed by atoms with Gasteiger partial charge in [-0.3, -0.25) is 20.3 Å². The summed E-state index contributed by atoms with van der Waals surface area (Å²) in [5, 5.41) is 22.3. The van der Waals surface area contributed by atoms with Crippen molar-refractivity contribution in [1.82, 2.24) is 14.9 Å². The summed E-state index contributed by atoms with van der Waals surface area (Å²) in [7, 11) is -4.02. The molecule has 3 aromatic rings. The summed E-state index contributed by atoms with van der Waals surface area (Å²) >= 11 is 1.11. The summed E-state index contributed by atoms with van der Waals surface area (Å²) in [6.45, 7) is 1.54. The predicted molar refractivity (Wildman–Crippen MR) is 142 cm³/mol. The fourth-order valence-electron chi connectivity index (χ4n) is 4.33. The Balaban J connectivity index is 1.52. The maximum Gasteiger partial charge on any atom is 0.269 e. The molecule has 5 N–H and O–H groups in total. The molecule has 0 aliphatic carbocycles. The maximum atomic E-state index is 13.3. The Morgan fingerprint density at radius 3 is 2.65 bits per heavy atom. The zero-order chi connectivity index (χ0) is 26.6. The maximum absolute atomic E-state index is 13.3. The first-order valence-corrected chi connectivity index (χ1v) is 14.0. The van der Waals surface area contributed by atoms with E-state index in [-0.39, 0.29) is 28.2 Å². The third-order valence-corrected chi connectivity index (χ3v) is 9.35. The van der Waals surface area contributed by atoms with Crippen LogP contribution in [0.25, 0.3) is 10.1 Å². The lowest BCUT2D eigenvalue weighted by Crippen LogP contribution is -2.50. The SMILES string of the molecule is N=C(N)N1CCCC(CNC(=O)[C@@H](Cc2ccc([N+](=O)[O-])cc2)NS(=O)(=O)c2cc3ccccc3s2)C1. The number of fused-ring (bicyclic) bond motifs is 1. The van der Waals surface area contributed by atoms with E-state index in [1.54, 1.807) is 11.0 Å². The molecule has 4 rings (SSSR count). The largest absolute Gasteiger partial charge is 0.370 e. The first-order chi connectivity index (χ1) is 17.6. The Bertz CT molecular complexity index is 1370. The molecule has 0 radical (unpaired) electrons. The smallest absolute Gasteiger partial charge is 0.269 e. The number of hydrogen-bond donors (Lipinski definition) is 4. The number of hydrogen-bond acceptors (Lipinski definition) is 7. The van der Waals surface area contributed by atoms with Crippen molar-refractivity contribution in [2.24, 2.45) is 11.7 Å². The van der Waals surface area contributed by atoms with E-state index < -0.39 is 26.9 Å². The van der Waals surface area contributed by atoms with E-state index in [0.717, 1.165) is 34.3 Å². The molecule has 1 aromatic heterocycles. The Labute approximate surface area is 218 Å². The number of sulfonamides is 1. The summed E-state index contributed by atoms with van der Waals surface area (Å²) in [5.41, 5.74) is 6.09. The third kappa shape index (κ3) is 6.61. The summed E-state index contributed by atoms with van der Waals surface area (Å²) < 4.78 is 30.0. The van der Waals surface area contributed by atoms with Crippen molar-refractivity contribution in [2.75, 3.05) is 19.6 Å². The highest BCUT2D eigenvalue weighted by molar-refractivity contribution is 7.91. The van der Waals surface area contributed by atoms with Crippen LogP contribution in [-0.4, -0.2) is 55.8 Å². The predicted octanol–water partition coefficient (Wildman–Crippen LogP) is 2.42. The summed E-state index contributed by atoms with van der Waals surface area (Å²) in [5.74, 6) is -0.438. The van der Waals surface area contributed by atoms with Gasteiger partial charge < -0.3 is 16.0 Å². The number of amides is 1. The van der Waals surface area contributed by atoms with Gasteiger partial charge in [0, 0.05) is 36.5 Å². The first-order valence-electron chi connectivity index (χ1n) is 11.7. The van der Waals surface area contributed by atoms with Gasteiger partial charge in [-0.15, -0.1) is 11.3 Å². The Morgan fingerprint density at radius 1 is 1.24 bits per heavy atom. The number of carbonyl (C=O) groups excluding carboxylic acids is 1. The van der Waals surface area contributed by atoms with Crippen LogP contribution in [0.15, 0.2) is 58.8 Å². The summed E-state index contributed by atoms with van der Waals surface area (Å²) in [6, 6.07) is 13.4. The van der Waals surface area contributed by atoms with Crippen LogP contribution in [0.5, 0.6) is 0 Å². The average molecular weight is 545 g/mol. The minimum Gasteiger partial charge on any atom is -0.370 e. The van der Waals surface area contributed by atoms with E-state index in [2.05, 4.69) is 10.0 Å². The summed E-state index contributed by atoms with van der Waals surface area (Å²) in [4.78, 5) is 25.5. The number of piperidine rings is 1. The highest BCUT2D eigenvalue weighted by Crippen LogP contribution is 2.29. The normalized spacial score (nSPS) is 16.9. The number of carbonyl (C=O) groups is 1. The second kappa shape index (κ2) is 11.2. The molecule has 11 nitrogen and oxygen atoms in total. The molecule has 37 heavy (non-hydrogen) atoms. The monoisotopic (exact) mass is 544 g/mol. The van der Waals surface area contributed by atoms with Crippen molar-refractivity contribution in [3.8, 4) is 0 Å². The van der Waals surface area contributed by atoms with Gasteiger partial charge in [-0.25, -0.2) is 8.42 Å². The second-order valence-electron chi connectivity index (χ2n) is 8.99. The number of guanidine groups is 1. The molecule has 13 heteroatoms. The molecular weight excluding hydrogens is 516 g/mol. The number of benzene rings is 2. The van der Waals surface area contributed by atoms with Crippen LogP contribution < -0.4 is 15.8 Å². The summed E-state index contributed by atoms with van der Waals surface area (Å²) in [6.07, 6.45) is 1.70. The number of nitro benzene ring substituents is 1. The zero-order valence-electron chi connectivity index (χ0n) is 19.9. The molecule has 1 unspecified atom stereocenters. The highest BCUT2D eigenvalue weighted by Gasteiger charge is 2.29. The van der Waals surface area contributed by atoms with Crippen LogP contribution in [0.1, 0.15) is 18.4 Å². The molecular formula is C24H28N6O5S2. The third-order valence-electron chi connectivity index (χ3n) is 6.29. The standard InChI is InChI=1S/C24H28N6O5S2/c25-24(26)29-11-3-4-17(15-29)14-27-23(31)20(12-16-7-9-19(10-8-16)30(32)33)28-37(34,35)22-13-18-5-1-2-6-21(18)36-22/h1-2,5-10,13,17,20,28H,3-4,11-12,14-15H2,(H3,25,26)(H,27,31)/t17?,20-/m1/s1. The van der Waals surface area contributed by atoms with Crippen LogP contribution >= 0.6 is 11.3 Å². The molecule has 2 aromatic carbocycles. The van der Waals surface area contributed by atoms with Crippen molar-refractivity contribution >= 4 is 49.0 Å². The molecule has 1 amide bonds. The Hall–Kier alpha value is -3.55. The van der Waals surface area contributed by atoms with Gasteiger partial charge in [0.15, 0.2) is 5.96 Å². The van der Waals surface area contributed by atoms with Crippen LogP contribution in [0, 0.1) is 21.4 Å². The molecule has 1 fully saturated rings. The molecule has 1 aliphatic rings. The minimum atomic E-state index is -4.02. The fourth-order valence-corrected chi connectivity index (χ4v) is 6.94. The first kappa shape index (κ1) is 26.5.